The van der Waals surface area contributed by atoms with Crippen molar-refractivity contribution in [3.63, 3.8) is 0 Å². The van der Waals surface area contributed by atoms with Crippen LogP contribution in [0.25, 0.3) is 11.0 Å². The van der Waals surface area contributed by atoms with Crippen LogP contribution in [0.5, 0.6) is 0 Å². The van der Waals surface area contributed by atoms with Crippen molar-refractivity contribution in [2.45, 2.75) is 33.2 Å². The van der Waals surface area contributed by atoms with Crippen LogP contribution in [0.3, 0.4) is 0 Å². The molecule has 0 unspecified atom stereocenters. The average Bonchev–Trinajstić information content (AvgIpc) is 2.90. The van der Waals surface area contributed by atoms with Crippen LogP contribution in [0.15, 0.2) is 36.4 Å². The Morgan fingerprint density at radius 3 is 2.48 bits per heavy atom. The number of aryl methyl sites for hydroxylation is 3. The fourth-order valence-electron chi connectivity index (χ4n) is 2.96. The van der Waals surface area contributed by atoms with E-state index in [1.807, 2.05) is 0 Å². The van der Waals surface area contributed by atoms with Gasteiger partial charge < -0.3 is 10.3 Å². The molecule has 6 nitrogen and oxygen atoms in total. The molecule has 0 saturated heterocycles. The Balaban J connectivity index is 2.02. The lowest BCUT2D eigenvalue weighted by Crippen LogP contribution is -2.08. The van der Waals surface area contributed by atoms with Crippen LogP contribution in [-0.4, -0.2) is 21.0 Å². The van der Waals surface area contributed by atoms with Gasteiger partial charge in [-0.1, -0.05) is 12.1 Å². The summed E-state index contributed by atoms with van der Waals surface area (Å²) >= 11 is 0. The topological polar surface area (TPSA) is 87.0 Å². The summed E-state index contributed by atoms with van der Waals surface area (Å²) in [6.07, 6.45) is 1.69. The predicted octanol–water partition coefficient (Wildman–Crippen LogP) is 3.50. The van der Waals surface area contributed by atoms with Gasteiger partial charge in [-0.25, -0.2) is 4.98 Å². The molecule has 0 fully saturated rings. The Bertz CT molecular complexity index is 913. The quantitative estimate of drug-likeness (QED) is 0.550. The van der Waals surface area contributed by atoms with Crippen LogP contribution >= 0.6 is 0 Å². The fraction of sp³-hybridized carbons (Fsp3) is 0.316. The van der Waals surface area contributed by atoms with Crippen LogP contribution in [0, 0.1) is 24.0 Å². The number of nitrogens with zero attached hydrogens (tertiary/aromatic N) is 3. The van der Waals surface area contributed by atoms with E-state index in [4.69, 9.17) is 10.7 Å². The molecule has 0 atom stereocenters. The fourth-order valence-corrected chi connectivity index (χ4v) is 2.96. The van der Waals surface area contributed by atoms with Gasteiger partial charge in [-0.15, -0.1) is 0 Å². The Labute approximate surface area is 146 Å². The zero-order chi connectivity index (χ0) is 18.0. The summed E-state index contributed by atoms with van der Waals surface area (Å²) < 4.78 is 2.19. The molecule has 0 aliphatic rings. The molecule has 0 aliphatic carbocycles. The Hall–Kier alpha value is -2.73. The SMILES string of the molecule is Cc1cc2nc(CCCN)n(Cc3ccc([N+](=O)[O-])cc3)c2cc1C. The van der Waals surface area contributed by atoms with Crippen molar-refractivity contribution in [2.75, 3.05) is 6.54 Å². The Morgan fingerprint density at radius 2 is 1.84 bits per heavy atom. The minimum absolute atomic E-state index is 0.106. The highest BCUT2D eigenvalue weighted by Crippen LogP contribution is 2.23. The number of non-ortho nitro benzene ring substituents is 1. The number of aromatic nitrogens is 2. The van der Waals surface area contributed by atoms with Crippen molar-refractivity contribution in [1.82, 2.24) is 9.55 Å². The zero-order valence-electron chi connectivity index (χ0n) is 14.5. The molecular weight excluding hydrogens is 316 g/mol. The van der Waals surface area contributed by atoms with E-state index in [0.29, 0.717) is 13.1 Å². The van der Waals surface area contributed by atoms with Crippen LogP contribution < -0.4 is 5.73 Å². The van der Waals surface area contributed by atoms with Gasteiger partial charge >= 0.3 is 0 Å². The molecule has 3 aromatic rings. The lowest BCUT2D eigenvalue weighted by molar-refractivity contribution is -0.384. The van der Waals surface area contributed by atoms with Gasteiger partial charge in [0.15, 0.2) is 0 Å². The third-order valence-electron chi connectivity index (χ3n) is 4.54. The van der Waals surface area contributed by atoms with Crippen LogP contribution in [0.1, 0.15) is 28.9 Å². The predicted molar refractivity (Wildman–Crippen MR) is 98.8 cm³/mol. The van der Waals surface area contributed by atoms with Gasteiger partial charge in [0.05, 0.1) is 16.0 Å². The molecule has 130 valence electrons. The first-order chi connectivity index (χ1) is 12.0. The monoisotopic (exact) mass is 338 g/mol. The van der Waals surface area contributed by atoms with Gasteiger partial charge in [-0.3, -0.25) is 10.1 Å². The van der Waals surface area contributed by atoms with E-state index < -0.39 is 0 Å². The number of hydrogen-bond donors (Lipinski definition) is 1. The Kier molecular flexibility index (Phi) is 4.81. The molecule has 25 heavy (non-hydrogen) atoms. The number of imidazole rings is 1. The molecule has 0 spiro atoms. The number of hydrogen-bond acceptors (Lipinski definition) is 4. The van der Waals surface area contributed by atoms with Crippen molar-refractivity contribution >= 4 is 16.7 Å². The van der Waals surface area contributed by atoms with Gasteiger partial charge in [0, 0.05) is 25.1 Å². The van der Waals surface area contributed by atoms with Crippen LogP contribution in [-0.2, 0) is 13.0 Å². The van der Waals surface area contributed by atoms with E-state index in [9.17, 15) is 10.1 Å². The highest BCUT2D eigenvalue weighted by molar-refractivity contribution is 5.78. The molecule has 1 heterocycles. The average molecular weight is 338 g/mol. The highest BCUT2D eigenvalue weighted by Gasteiger charge is 2.13. The second-order valence-electron chi connectivity index (χ2n) is 6.36. The van der Waals surface area contributed by atoms with Crippen LogP contribution in [0.2, 0.25) is 0 Å². The van der Waals surface area contributed by atoms with E-state index >= 15 is 0 Å². The second kappa shape index (κ2) is 7.03. The van der Waals surface area contributed by atoms with Crippen molar-refractivity contribution in [3.05, 3.63) is 69.0 Å². The third kappa shape index (κ3) is 3.53. The molecule has 0 aliphatic heterocycles. The van der Waals surface area contributed by atoms with E-state index in [1.165, 1.54) is 11.1 Å². The summed E-state index contributed by atoms with van der Waals surface area (Å²) in [5, 5.41) is 10.8. The maximum Gasteiger partial charge on any atom is 0.269 e. The summed E-state index contributed by atoms with van der Waals surface area (Å²) in [4.78, 5) is 15.2. The largest absolute Gasteiger partial charge is 0.330 e. The van der Waals surface area contributed by atoms with Gasteiger partial charge in [-0.05, 0) is 55.6 Å². The number of fused-ring (bicyclic) bond motifs is 1. The first kappa shape index (κ1) is 17.1. The van der Waals surface area contributed by atoms with E-state index in [-0.39, 0.29) is 10.6 Å². The number of nitro groups is 1. The molecule has 0 amide bonds. The zero-order valence-corrected chi connectivity index (χ0v) is 14.5. The molecule has 2 N–H and O–H groups in total. The highest BCUT2D eigenvalue weighted by atomic mass is 16.6. The van der Waals surface area contributed by atoms with Gasteiger partial charge in [-0.2, -0.15) is 0 Å². The van der Waals surface area contributed by atoms with Crippen LogP contribution in [0.4, 0.5) is 5.69 Å². The van der Waals surface area contributed by atoms with Crippen molar-refractivity contribution in [2.24, 2.45) is 5.73 Å². The normalized spacial score (nSPS) is 11.2. The standard InChI is InChI=1S/C19H22N4O2/c1-13-10-17-18(11-14(13)2)22(19(21-17)4-3-9-20)12-15-5-7-16(8-6-15)23(24)25/h5-8,10-11H,3-4,9,12,20H2,1-2H3. The Morgan fingerprint density at radius 1 is 1.16 bits per heavy atom. The van der Waals surface area contributed by atoms with Gasteiger partial charge in [0.2, 0.25) is 0 Å². The first-order valence-electron chi connectivity index (χ1n) is 8.39. The molecular formula is C19H22N4O2. The lowest BCUT2D eigenvalue weighted by Gasteiger charge is -2.10. The number of benzene rings is 2. The van der Waals surface area contributed by atoms with E-state index in [1.54, 1.807) is 24.3 Å². The summed E-state index contributed by atoms with van der Waals surface area (Å²) in [6, 6.07) is 11.0. The van der Waals surface area contributed by atoms with Crippen molar-refractivity contribution < 1.29 is 4.92 Å². The minimum Gasteiger partial charge on any atom is -0.330 e. The summed E-state index contributed by atoms with van der Waals surface area (Å²) in [5.74, 6) is 1.00. The molecule has 2 aromatic carbocycles. The van der Waals surface area contributed by atoms with E-state index in [2.05, 4.69) is 30.5 Å². The number of nitro benzene ring substituents is 1. The third-order valence-corrected chi connectivity index (χ3v) is 4.54. The molecule has 0 saturated carbocycles. The summed E-state index contributed by atoms with van der Waals surface area (Å²) in [6.45, 7) is 5.44. The lowest BCUT2D eigenvalue weighted by atomic mass is 10.1. The molecule has 3 rings (SSSR count). The van der Waals surface area contributed by atoms with Crippen molar-refractivity contribution in [1.29, 1.82) is 0 Å². The molecule has 0 radical (unpaired) electrons. The summed E-state index contributed by atoms with van der Waals surface area (Å²) in [7, 11) is 0. The minimum atomic E-state index is -0.380. The smallest absolute Gasteiger partial charge is 0.269 e. The molecule has 0 bridgehead atoms. The molecule has 1 aromatic heterocycles. The van der Waals surface area contributed by atoms with Crippen molar-refractivity contribution in [3.8, 4) is 0 Å². The van der Waals surface area contributed by atoms with E-state index in [0.717, 1.165) is 35.3 Å². The maximum absolute atomic E-state index is 10.8. The maximum atomic E-state index is 10.8. The second-order valence-corrected chi connectivity index (χ2v) is 6.36. The van der Waals surface area contributed by atoms with Gasteiger partial charge in [0.1, 0.15) is 5.82 Å². The number of nitrogens with two attached hydrogens (primary N) is 1. The first-order valence-corrected chi connectivity index (χ1v) is 8.39. The molecule has 6 heteroatoms. The van der Waals surface area contributed by atoms with Gasteiger partial charge in [0.25, 0.3) is 5.69 Å². The number of rotatable bonds is 6. The summed E-state index contributed by atoms with van der Waals surface area (Å²) in [5.41, 5.74) is 11.3.